The molecule has 0 saturated heterocycles. The molecule has 0 saturated carbocycles. The summed E-state index contributed by atoms with van der Waals surface area (Å²) in [5, 5.41) is 6.47. The van der Waals surface area contributed by atoms with Gasteiger partial charge >= 0.3 is 0 Å². The lowest BCUT2D eigenvalue weighted by molar-refractivity contribution is 1.15. The number of hydrogen-bond donors (Lipinski definition) is 2. The van der Waals surface area contributed by atoms with E-state index in [1.54, 1.807) is 12.3 Å². The molecule has 0 spiro atoms. The lowest BCUT2D eigenvalue weighted by Gasteiger charge is -2.09. The molecule has 7 heteroatoms. The summed E-state index contributed by atoms with van der Waals surface area (Å²) in [6.45, 7) is 0.655. The molecule has 0 aliphatic rings. The molecule has 3 nitrogen and oxygen atoms in total. The maximum Gasteiger partial charge on any atom is 0.131 e. The molecule has 0 atom stereocenters. The first kappa shape index (κ1) is 19.7. The summed E-state index contributed by atoms with van der Waals surface area (Å²) in [7, 11) is 0. The third-order valence-electron chi connectivity index (χ3n) is 3.28. The van der Waals surface area contributed by atoms with Crippen LogP contribution in [0.1, 0.15) is 5.56 Å². The van der Waals surface area contributed by atoms with Crippen LogP contribution in [0.25, 0.3) is 10.8 Å². The van der Waals surface area contributed by atoms with Gasteiger partial charge in [-0.2, -0.15) is 0 Å². The number of hydrogen-bond acceptors (Lipinski definition) is 3. The monoisotopic (exact) mass is 389 g/mol. The van der Waals surface area contributed by atoms with E-state index in [2.05, 4.69) is 10.3 Å². The van der Waals surface area contributed by atoms with Gasteiger partial charge in [0.1, 0.15) is 5.82 Å². The fourth-order valence-electron chi connectivity index (χ4n) is 2.15. The number of nitrogen functional groups attached to an aromatic ring is 1. The minimum Gasteiger partial charge on any atom is -0.383 e. The summed E-state index contributed by atoms with van der Waals surface area (Å²) in [4.78, 5) is 4.11. The topological polar surface area (TPSA) is 50.9 Å². The van der Waals surface area contributed by atoms with Crippen LogP contribution in [0.4, 0.5) is 11.5 Å². The van der Waals surface area contributed by atoms with Crippen LogP contribution in [0, 0.1) is 0 Å². The standard InChI is InChI=1S/C16H13Cl2N3.2ClH/c17-14-4-1-10(7-15(14)18)9-21-12-3-2-11-5-6-20-16(19)13(11)8-12;;/h1-8,21H,9H2,(H2,19,20);2*1H. The smallest absolute Gasteiger partial charge is 0.131 e. The largest absolute Gasteiger partial charge is 0.383 e. The zero-order valence-electron chi connectivity index (χ0n) is 11.9. The third-order valence-corrected chi connectivity index (χ3v) is 4.02. The minimum atomic E-state index is 0. The van der Waals surface area contributed by atoms with E-state index in [1.807, 2.05) is 36.4 Å². The highest BCUT2D eigenvalue weighted by Gasteiger charge is 2.02. The molecule has 0 amide bonds. The Morgan fingerprint density at radius 1 is 0.957 bits per heavy atom. The highest BCUT2D eigenvalue weighted by atomic mass is 35.5. The van der Waals surface area contributed by atoms with Gasteiger partial charge < -0.3 is 11.1 Å². The van der Waals surface area contributed by atoms with Crippen LogP contribution in [0.15, 0.2) is 48.7 Å². The molecule has 3 aromatic rings. The van der Waals surface area contributed by atoms with Crippen LogP contribution in [-0.4, -0.2) is 4.98 Å². The first-order valence-corrected chi connectivity index (χ1v) is 7.21. The molecule has 0 unspecified atom stereocenters. The fourth-order valence-corrected chi connectivity index (χ4v) is 2.48. The van der Waals surface area contributed by atoms with E-state index in [0.29, 0.717) is 22.4 Å². The summed E-state index contributed by atoms with van der Waals surface area (Å²) in [5.41, 5.74) is 7.94. The van der Waals surface area contributed by atoms with Crippen molar-refractivity contribution < 1.29 is 0 Å². The van der Waals surface area contributed by atoms with Crippen molar-refractivity contribution in [1.29, 1.82) is 0 Å². The van der Waals surface area contributed by atoms with Crippen LogP contribution < -0.4 is 11.1 Å². The van der Waals surface area contributed by atoms with Gasteiger partial charge in [-0.25, -0.2) is 4.98 Å². The second-order valence-corrected chi connectivity index (χ2v) is 5.55. The van der Waals surface area contributed by atoms with Crippen molar-refractivity contribution in [3.8, 4) is 0 Å². The third kappa shape index (κ3) is 4.55. The molecule has 1 heterocycles. The summed E-state index contributed by atoms with van der Waals surface area (Å²) >= 11 is 11.9. The second-order valence-electron chi connectivity index (χ2n) is 4.73. The summed E-state index contributed by atoms with van der Waals surface area (Å²) in [5.74, 6) is 0.533. The Bertz CT molecular complexity index is 808. The maximum atomic E-state index is 6.01. The molecular formula is C16H15Cl4N3. The van der Waals surface area contributed by atoms with E-state index in [4.69, 9.17) is 28.9 Å². The minimum absolute atomic E-state index is 0. The van der Waals surface area contributed by atoms with E-state index in [9.17, 15) is 0 Å². The molecule has 0 aliphatic heterocycles. The van der Waals surface area contributed by atoms with Gasteiger partial charge in [0.15, 0.2) is 0 Å². The number of nitrogens with zero attached hydrogens (tertiary/aromatic N) is 1. The van der Waals surface area contributed by atoms with Crippen molar-refractivity contribution in [2.45, 2.75) is 6.54 Å². The van der Waals surface area contributed by atoms with Crippen molar-refractivity contribution in [3.63, 3.8) is 0 Å². The second kappa shape index (κ2) is 8.46. The molecule has 0 bridgehead atoms. The lowest BCUT2D eigenvalue weighted by atomic mass is 10.1. The first-order valence-electron chi connectivity index (χ1n) is 6.45. The van der Waals surface area contributed by atoms with Crippen LogP contribution in [0.5, 0.6) is 0 Å². The average molecular weight is 391 g/mol. The van der Waals surface area contributed by atoms with E-state index in [1.165, 1.54) is 0 Å². The van der Waals surface area contributed by atoms with Gasteiger partial charge in [-0.1, -0.05) is 35.3 Å². The van der Waals surface area contributed by atoms with Crippen LogP contribution in [-0.2, 0) is 6.54 Å². The molecule has 3 N–H and O–H groups in total. The van der Waals surface area contributed by atoms with Crippen molar-refractivity contribution >= 4 is 70.3 Å². The Labute approximate surface area is 157 Å². The number of nitrogens with one attached hydrogen (secondary N) is 1. The summed E-state index contributed by atoms with van der Waals surface area (Å²) in [6, 6.07) is 13.6. The van der Waals surface area contributed by atoms with E-state index < -0.39 is 0 Å². The van der Waals surface area contributed by atoms with Gasteiger partial charge in [-0.15, -0.1) is 24.8 Å². The van der Waals surface area contributed by atoms with Gasteiger partial charge in [0.2, 0.25) is 0 Å². The number of rotatable bonds is 3. The number of benzene rings is 2. The van der Waals surface area contributed by atoms with E-state index in [0.717, 1.165) is 22.0 Å². The molecule has 0 aliphatic carbocycles. The van der Waals surface area contributed by atoms with Crippen molar-refractivity contribution in [2.24, 2.45) is 0 Å². The molecule has 2 aromatic carbocycles. The van der Waals surface area contributed by atoms with Crippen molar-refractivity contribution in [3.05, 3.63) is 64.3 Å². The number of fused-ring (bicyclic) bond motifs is 1. The Hall–Kier alpha value is -1.39. The SMILES string of the molecule is Cl.Cl.Nc1nccc2ccc(NCc3ccc(Cl)c(Cl)c3)cc12. The van der Waals surface area contributed by atoms with Crippen LogP contribution in [0.3, 0.4) is 0 Å². The maximum absolute atomic E-state index is 6.01. The Kier molecular flexibility index (Phi) is 7.23. The highest BCUT2D eigenvalue weighted by Crippen LogP contribution is 2.25. The van der Waals surface area contributed by atoms with Gasteiger partial charge in [-0.3, -0.25) is 0 Å². The lowest BCUT2D eigenvalue weighted by Crippen LogP contribution is -2.00. The Morgan fingerprint density at radius 3 is 2.48 bits per heavy atom. The quantitative estimate of drug-likeness (QED) is 0.613. The van der Waals surface area contributed by atoms with Crippen molar-refractivity contribution in [2.75, 3.05) is 11.1 Å². The zero-order chi connectivity index (χ0) is 14.8. The van der Waals surface area contributed by atoms with Gasteiger partial charge in [0, 0.05) is 23.8 Å². The van der Waals surface area contributed by atoms with Gasteiger partial charge in [-0.05, 0) is 41.3 Å². The first-order chi connectivity index (χ1) is 10.1. The number of halogens is 4. The number of nitrogens with two attached hydrogens (primary N) is 1. The number of aromatic nitrogens is 1. The van der Waals surface area contributed by atoms with E-state index >= 15 is 0 Å². The molecule has 1 aromatic heterocycles. The molecule has 3 rings (SSSR count). The predicted molar refractivity (Wildman–Crippen MR) is 104 cm³/mol. The molecule has 122 valence electrons. The van der Waals surface area contributed by atoms with Crippen LogP contribution in [0.2, 0.25) is 10.0 Å². The molecular weight excluding hydrogens is 376 g/mol. The van der Waals surface area contributed by atoms with Gasteiger partial charge in [0.05, 0.1) is 10.0 Å². The Morgan fingerprint density at radius 2 is 1.74 bits per heavy atom. The normalized spacial score (nSPS) is 9.83. The average Bonchev–Trinajstić information content (AvgIpc) is 2.49. The molecule has 0 fully saturated rings. The van der Waals surface area contributed by atoms with Crippen LogP contribution >= 0.6 is 48.0 Å². The van der Waals surface area contributed by atoms with Crippen molar-refractivity contribution in [1.82, 2.24) is 4.98 Å². The molecule has 23 heavy (non-hydrogen) atoms. The zero-order valence-corrected chi connectivity index (χ0v) is 15.1. The molecule has 0 radical (unpaired) electrons. The van der Waals surface area contributed by atoms with E-state index in [-0.39, 0.29) is 24.8 Å². The Balaban J connectivity index is 0.00000132. The highest BCUT2D eigenvalue weighted by molar-refractivity contribution is 6.42. The number of pyridine rings is 1. The van der Waals surface area contributed by atoms with Gasteiger partial charge in [0.25, 0.3) is 0 Å². The fraction of sp³-hybridized carbons (Fsp3) is 0.0625. The summed E-state index contributed by atoms with van der Waals surface area (Å²) in [6.07, 6.45) is 1.71. The predicted octanol–water partition coefficient (Wildman–Crippen LogP) is 5.58. The number of anilines is 2. The summed E-state index contributed by atoms with van der Waals surface area (Å²) < 4.78 is 0.